The van der Waals surface area contributed by atoms with Gasteiger partial charge in [0, 0.05) is 31.9 Å². The van der Waals surface area contributed by atoms with Crippen LogP contribution in [0, 0.1) is 0 Å². The Balaban J connectivity index is 1.78. The van der Waals surface area contributed by atoms with E-state index in [1.807, 2.05) is 0 Å². The summed E-state index contributed by atoms with van der Waals surface area (Å²) in [4.78, 5) is 11.4. The maximum atomic E-state index is 12.4. The summed E-state index contributed by atoms with van der Waals surface area (Å²) in [7, 11) is -2.08. The van der Waals surface area contributed by atoms with Gasteiger partial charge in [0.05, 0.1) is 4.90 Å². The quantitative estimate of drug-likeness (QED) is 0.885. The number of rotatable bonds is 4. The number of sulfonamides is 1. The lowest BCUT2D eigenvalue weighted by Gasteiger charge is -2.19. The van der Waals surface area contributed by atoms with E-state index in [2.05, 4.69) is 4.72 Å². The van der Waals surface area contributed by atoms with Crippen LogP contribution in [0.25, 0.3) is 0 Å². The van der Waals surface area contributed by atoms with E-state index in [-0.39, 0.29) is 17.0 Å². The number of hydrogen-bond acceptors (Lipinski definition) is 5. The molecule has 0 aliphatic carbocycles. The lowest BCUT2D eigenvalue weighted by Crippen LogP contribution is -2.25. The zero-order valence-electron chi connectivity index (χ0n) is 12.5. The van der Waals surface area contributed by atoms with Crippen molar-refractivity contribution in [2.24, 2.45) is 7.05 Å². The highest BCUT2D eigenvalue weighted by molar-refractivity contribution is 7.89. The Labute approximate surface area is 133 Å². The summed E-state index contributed by atoms with van der Waals surface area (Å²) >= 11 is 0. The predicted molar refractivity (Wildman–Crippen MR) is 83.1 cm³/mol. The van der Waals surface area contributed by atoms with E-state index in [1.165, 1.54) is 22.8 Å². The summed E-state index contributed by atoms with van der Waals surface area (Å²) in [5.41, 5.74) is 0.539. The summed E-state index contributed by atoms with van der Waals surface area (Å²) in [6.45, 7) is 0.928. The zero-order valence-corrected chi connectivity index (χ0v) is 13.3. The average Bonchev–Trinajstić information content (AvgIpc) is 2.55. The maximum absolute atomic E-state index is 12.4. The minimum absolute atomic E-state index is 0.0882. The van der Waals surface area contributed by atoms with Crippen LogP contribution in [0.4, 0.5) is 0 Å². The standard InChI is InChI=1S/C15H16N2O5S/c1-17-10-11(2-5-15(17)18)9-16-23(19,20)12-3-4-13-14(8-12)22-7-6-21-13/h2-5,8,10,16H,6-7,9H2,1H3. The fraction of sp³-hybridized carbons (Fsp3) is 0.267. The molecule has 2 heterocycles. The zero-order chi connectivity index (χ0) is 16.4. The molecule has 0 saturated carbocycles. The Morgan fingerprint density at radius 3 is 2.61 bits per heavy atom. The van der Waals surface area contributed by atoms with Crippen LogP contribution in [0.5, 0.6) is 11.5 Å². The van der Waals surface area contributed by atoms with Crippen LogP contribution in [0.2, 0.25) is 0 Å². The lowest BCUT2D eigenvalue weighted by molar-refractivity contribution is 0.171. The Morgan fingerprint density at radius 2 is 1.87 bits per heavy atom. The maximum Gasteiger partial charge on any atom is 0.250 e. The highest BCUT2D eigenvalue weighted by Gasteiger charge is 2.19. The molecule has 0 spiro atoms. The third-order valence-corrected chi connectivity index (χ3v) is 4.84. The van der Waals surface area contributed by atoms with Gasteiger partial charge in [-0.1, -0.05) is 6.07 Å². The number of nitrogens with one attached hydrogen (secondary N) is 1. The van der Waals surface area contributed by atoms with Crippen molar-refractivity contribution in [3.63, 3.8) is 0 Å². The molecule has 1 aromatic carbocycles. The molecule has 0 radical (unpaired) electrons. The van der Waals surface area contributed by atoms with Crippen molar-refractivity contribution >= 4 is 10.0 Å². The number of aromatic nitrogens is 1. The van der Waals surface area contributed by atoms with Gasteiger partial charge >= 0.3 is 0 Å². The van der Waals surface area contributed by atoms with Crippen molar-refractivity contribution in [3.8, 4) is 11.5 Å². The molecule has 8 heteroatoms. The average molecular weight is 336 g/mol. The van der Waals surface area contributed by atoms with Crippen molar-refractivity contribution < 1.29 is 17.9 Å². The summed E-state index contributed by atoms with van der Waals surface area (Å²) in [6.07, 6.45) is 1.59. The number of fused-ring (bicyclic) bond motifs is 1. The largest absolute Gasteiger partial charge is 0.486 e. The van der Waals surface area contributed by atoms with Crippen LogP contribution in [0.15, 0.2) is 46.2 Å². The summed E-state index contributed by atoms with van der Waals surface area (Å²) in [5, 5.41) is 0. The fourth-order valence-electron chi connectivity index (χ4n) is 2.21. The van der Waals surface area contributed by atoms with E-state index in [9.17, 15) is 13.2 Å². The molecule has 0 atom stereocenters. The first kappa shape index (κ1) is 15.6. The van der Waals surface area contributed by atoms with E-state index in [0.29, 0.717) is 30.3 Å². The summed E-state index contributed by atoms with van der Waals surface area (Å²) < 4.78 is 39.4. The second kappa shape index (κ2) is 6.05. The van der Waals surface area contributed by atoms with Gasteiger partial charge in [-0.25, -0.2) is 13.1 Å². The second-order valence-electron chi connectivity index (χ2n) is 5.12. The van der Waals surface area contributed by atoms with E-state index in [1.54, 1.807) is 25.4 Å². The highest BCUT2D eigenvalue weighted by atomic mass is 32.2. The second-order valence-corrected chi connectivity index (χ2v) is 6.88. The first-order valence-corrected chi connectivity index (χ1v) is 8.49. The number of hydrogen-bond donors (Lipinski definition) is 1. The monoisotopic (exact) mass is 336 g/mol. The molecule has 0 unspecified atom stereocenters. The molecule has 122 valence electrons. The molecular weight excluding hydrogens is 320 g/mol. The Morgan fingerprint density at radius 1 is 1.13 bits per heavy atom. The fourth-order valence-corrected chi connectivity index (χ4v) is 3.24. The molecule has 23 heavy (non-hydrogen) atoms. The smallest absolute Gasteiger partial charge is 0.250 e. The third-order valence-electron chi connectivity index (χ3n) is 3.44. The lowest BCUT2D eigenvalue weighted by atomic mass is 10.3. The molecule has 1 aliphatic heterocycles. The molecule has 0 bridgehead atoms. The van der Waals surface area contributed by atoms with Gasteiger partial charge in [0.1, 0.15) is 13.2 Å². The molecule has 1 aliphatic rings. The number of benzene rings is 1. The molecule has 1 N–H and O–H groups in total. The van der Waals surface area contributed by atoms with Gasteiger partial charge in [0.15, 0.2) is 11.5 Å². The van der Waals surface area contributed by atoms with Gasteiger partial charge in [-0.3, -0.25) is 4.79 Å². The van der Waals surface area contributed by atoms with E-state index < -0.39 is 10.0 Å². The third kappa shape index (κ3) is 3.38. The number of ether oxygens (including phenoxy) is 2. The van der Waals surface area contributed by atoms with Crippen LogP contribution in [-0.2, 0) is 23.6 Å². The van der Waals surface area contributed by atoms with Gasteiger partial charge in [-0.2, -0.15) is 0 Å². The van der Waals surface area contributed by atoms with Crippen LogP contribution in [0.3, 0.4) is 0 Å². The summed E-state index contributed by atoms with van der Waals surface area (Å²) in [6, 6.07) is 7.48. The predicted octanol–water partition coefficient (Wildman–Crippen LogP) is 0.635. The van der Waals surface area contributed by atoms with Crippen molar-refractivity contribution in [2.45, 2.75) is 11.4 Å². The van der Waals surface area contributed by atoms with Crippen molar-refractivity contribution in [3.05, 3.63) is 52.4 Å². The first-order valence-electron chi connectivity index (χ1n) is 7.00. The molecule has 1 aromatic heterocycles. The number of pyridine rings is 1. The normalized spacial score (nSPS) is 13.8. The molecule has 7 nitrogen and oxygen atoms in total. The minimum Gasteiger partial charge on any atom is -0.486 e. The molecule has 3 rings (SSSR count). The van der Waals surface area contributed by atoms with Crippen molar-refractivity contribution in [2.75, 3.05) is 13.2 Å². The van der Waals surface area contributed by atoms with Crippen LogP contribution < -0.4 is 19.8 Å². The molecule has 0 fully saturated rings. The summed E-state index contributed by atoms with van der Waals surface area (Å²) in [5.74, 6) is 0.953. The Kier molecular flexibility index (Phi) is 4.10. The molecule has 0 saturated heterocycles. The van der Waals surface area contributed by atoms with Gasteiger partial charge < -0.3 is 14.0 Å². The Bertz CT molecular complexity index is 889. The number of nitrogens with zero attached hydrogens (tertiary/aromatic N) is 1. The SMILES string of the molecule is Cn1cc(CNS(=O)(=O)c2ccc3c(c2)OCCO3)ccc1=O. The molecular formula is C15H16N2O5S. The van der Waals surface area contributed by atoms with E-state index in [4.69, 9.17) is 9.47 Å². The molecule has 2 aromatic rings. The highest BCUT2D eigenvalue weighted by Crippen LogP contribution is 2.32. The van der Waals surface area contributed by atoms with Crippen LogP contribution >= 0.6 is 0 Å². The van der Waals surface area contributed by atoms with Crippen molar-refractivity contribution in [1.29, 1.82) is 0 Å². The van der Waals surface area contributed by atoms with Gasteiger partial charge in [-0.05, 0) is 17.7 Å². The van der Waals surface area contributed by atoms with Gasteiger partial charge in [0.2, 0.25) is 15.6 Å². The van der Waals surface area contributed by atoms with Crippen LogP contribution in [-0.4, -0.2) is 26.2 Å². The minimum atomic E-state index is -3.69. The Hall–Kier alpha value is -2.32. The topological polar surface area (TPSA) is 86.6 Å². The van der Waals surface area contributed by atoms with Gasteiger partial charge in [0.25, 0.3) is 0 Å². The van der Waals surface area contributed by atoms with E-state index >= 15 is 0 Å². The molecule has 0 amide bonds. The van der Waals surface area contributed by atoms with Crippen LogP contribution in [0.1, 0.15) is 5.56 Å². The number of aryl methyl sites for hydroxylation is 1. The van der Waals surface area contributed by atoms with E-state index in [0.717, 1.165) is 0 Å². The first-order chi connectivity index (χ1) is 11.0. The van der Waals surface area contributed by atoms with Gasteiger partial charge in [-0.15, -0.1) is 0 Å². The van der Waals surface area contributed by atoms with Crippen molar-refractivity contribution in [1.82, 2.24) is 9.29 Å².